The fraction of sp³-hybridized carbons (Fsp3) is 0.926. The first-order valence-corrected chi connectivity index (χ1v) is 13.4. The van der Waals surface area contributed by atoms with Gasteiger partial charge in [0, 0.05) is 18.8 Å². The standard InChI is InChI=1S/C27H53NO4/c1-5-6-7-8-9-10-11-12-13-14-15-16-17-18-19-20-21-22-27(31)32-25(23-26(29)30)24-28(2,3)4/h25H,5-24H2,1-4H3. The Morgan fingerprint density at radius 3 is 1.41 bits per heavy atom. The van der Waals surface area contributed by atoms with Crippen LogP contribution in [0, 0.1) is 0 Å². The number of aliphatic carboxylic acids is 1. The Morgan fingerprint density at radius 2 is 1.06 bits per heavy atom. The zero-order chi connectivity index (χ0) is 24.1. The fourth-order valence-corrected chi connectivity index (χ4v) is 4.18. The molecule has 32 heavy (non-hydrogen) atoms. The van der Waals surface area contributed by atoms with Gasteiger partial charge in [-0.1, -0.05) is 110 Å². The monoisotopic (exact) mass is 455 g/mol. The molecule has 0 amide bonds. The topological polar surface area (TPSA) is 66.4 Å². The number of nitrogens with zero attached hydrogens (tertiary/aromatic N) is 1. The largest absolute Gasteiger partial charge is 0.550 e. The number of ether oxygens (including phenoxy) is 1. The molecule has 0 aliphatic carbocycles. The van der Waals surface area contributed by atoms with Crippen LogP contribution in [0.4, 0.5) is 0 Å². The zero-order valence-corrected chi connectivity index (χ0v) is 21.8. The number of rotatable bonds is 23. The van der Waals surface area contributed by atoms with Crippen molar-refractivity contribution in [1.82, 2.24) is 0 Å². The summed E-state index contributed by atoms with van der Waals surface area (Å²) in [5, 5.41) is 10.9. The van der Waals surface area contributed by atoms with Crippen molar-refractivity contribution in [3.63, 3.8) is 0 Å². The quantitative estimate of drug-likeness (QED) is 0.111. The van der Waals surface area contributed by atoms with Crippen LogP contribution in [0.15, 0.2) is 0 Å². The molecule has 0 aromatic heterocycles. The molecule has 0 heterocycles. The van der Waals surface area contributed by atoms with E-state index < -0.39 is 12.1 Å². The second kappa shape index (κ2) is 20.5. The van der Waals surface area contributed by atoms with E-state index in [1.165, 1.54) is 89.9 Å². The maximum atomic E-state index is 12.0. The van der Waals surface area contributed by atoms with E-state index in [-0.39, 0.29) is 12.4 Å². The highest BCUT2D eigenvalue weighted by molar-refractivity contribution is 5.70. The molecule has 0 N–H and O–H groups in total. The van der Waals surface area contributed by atoms with Crippen LogP contribution >= 0.6 is 0 Å². The summed E-state index contributed by atoms with van der Waals surface area (Å²) in [6.45, 7) is 2.74. The average Bonchev–Trinajstić information content (AvgIpc) is 2.68. The Balaban J connectivity index is 3.50. The maximum absolute atomic E-state index is 12.0. The van der Waals surface area contributed by atoms with E-state index in [9.17, 15) is 14.7 Å². The van der Waals surface area contributed by atoms with Crippen molar-refractivity contribution in [2.45, 2.75) is 135 Å². The molecule has 5 heteroatoms. The summed E-state index contributed by atoms with van der Waals surface area (Å²) in [4.78, 5) is 22.9. The number of quaternary nitrogens is 1. The predicted molar refractivity (Wildman–Crippen MR) is 131 cm³/mol. The van der Waals surface area contributed by atoms with Gasteiger partial charge in [0.05, 0.1) is 21.1 Å². The van der Waals surface area contributed by atoms with Gasteiger partial charge in [-0.3, -0.25) is 4.79 Å². The smallest absolute Gasteiger partial charge is 0.306 e. The Kier molecular flexibility index (Phi) is 19.8. The first-order chi connectivity index (χ1) is 15.2. The fourth-order valence-electron chi connectivity index (χ4n) is 4.18. The van der Waals surface area contributed by atoms with E-state index in [0.717, 1.165) is 19.3 Å². The highest BCUT2D eigenvalue weighted by Crippen LogP contribution is 2.15. The molecule has 0 rings (SSSR count). The minimum Gasteiger partial charge on any atom is -0.550 e. The van der Waals surface area contributed by atoms with Crippen LogP contribution in [-0.2, 0) is 14.3 Å². The molecule has 0 aromatic carbocycles. The minimum absolute atomic E-state index is 0.236. The molecule has 1 unspecified atom stereocenters. The third-order valence-corrected chi connectivity index (χ3v) is 5.93. The summed E-state index contributed by atoms with van der Waals surface area (Å²) >= 11 is 0. The van der Waals surface area contributed by atoms with E-state index in [0.29, 0.717) is 17.4 Å². The molecule has 0 spiro atoms. The Bertz CT molecular complexity index is 459. The lowest BCUT2D eigenvalue weighted by atomic mass is 10.0. The summed E-state index contributed by atoms with van der Waals surface area (Å²) in [6.07, 6.45) is 21.8. The molecule has 0 saturated heterocycles. The summed E-state index contributed by atoms with van der Waals surface area (Å²) in [7, 11) is 5.85. The summed E-state index contributed by atoms with van der Waals surface area (Å²) in [6, 6.07) is 0. The molecule has 5 nitrogen and oxygen atoms in total. The summed E-state index contributed by atoms with van der Waals surface area (Å²) in [5.41, 5.74) is 0. The van der Waals surface area contributed by atoms with Gasteiger partial charge in [-0.2, -0.15) is 0 Å². The van der Waals surface area contributed by atoms with Crippen LogP contribution in [0.25, 0.3) is 0 Å². The van der Waals surface area contributed by atoms with Gasteiger partial charge in [-0.25, -0.2) is 0 Å². The van der Waals surface area contributed by atoms with Crippen molar-refractivity contribution in [1.29, 1.82) is 0 Å². The van der Waals surface area contributed by atoms with Crippen LogP contribution in [0.5, 0.6) is 0 Å². The highest BCUT2D eigenvalue weighted by Gasteiger charge is 2.22. The zero-order valence-electron chi connectivity index (χ0n) is 21.8. The maximum Gasteiger partial charge on any atom is 0.306 e. The SMILES string of the molecule is CCCCCCCCCCCCCCCCCCCC(=O)OC(CC(=O)[O-])C[N+](C)(C)C. The van der Waals surface area contributed by atoms with Gasteiger partial charge in [0.1, 0.15) is 6.54 Å². The van der Waals surface area contributed by atoms with Crippen molar-refractivity contribution in [2.75, 3.05) is 27.7 Å². The Labute approximate surface area is 198 Å². The number of unbranched alkanes of at least 4 members (excludes halogenated alkanes) is 16. The number of esters is 1. The van der Waals surface area contributed by atoms with E-state index in [1.807, 2.05) is 21.1 Å². The molecule has 0 aliphatic heterocycles. The number of carbonyl (C=O) groups is 2. The second-order valence-corrected chi connectivity index (χ2v) is 10.6. The van der Waals surface area contributed by atoms with Gasteiger partial charge in [-0.15, -0.1) is 0 Å². The molecule has 0 saturated carbocycles. The average molecular weight is 456 g/mol. The molecule has 0 aromatic rings. The van der Waals surface area contributed by atoms with Gasteiger partial charge in [0.25, 0.3) is 0 Å². The molecular formula is C27H53NO4. The van der Waals surface area contributed by atoms with Gasteiger partial charge in [-0.05, 0) is 6.42 Å². The van der Waals surface area contributed by atoms with Crippen LogP contribution in [0.3, 0.4) is 0 Å². The highest BCUT2D eigenvalue weighted by atomic mass is 16.5. The second-order valence-electron chi connectivity index (χ2n) is 10.6. The molecule has 190 valence electrons. The number of likely N-dealkylation sites (N-methyl/N-ethyl adjacent to an activating group) is 1. The predicted octanol–water partition coefficient (Wildman–Crippen LogP) is 5.79. The first-order valence-electron chi connectivity index (χ1n) is 13.4. The lowest BCUT2D eigenvalue weighted by Crippen LogP contribution is -2.45. The van der Waals surface area contributed by atoms with E-state index >= 15 is 0 Å². The number of hydrogen-bond donors (Lipinski definition) is 0. The van der Waals surface area contributed by atoms with E-state index in [1.54, 1.807) is 0 Å². The van der Waals surface area contributed by atoms with Crippen LogP contribution < -0.4 is 5.11 Å². The van der Waals surface area contributed by atoms with Crippen LogP contribution in [0.2, 0.25) is 0 Å². The molecule has 0 bridgehead atoms. The lowest BCUT2D eigenvalue weighted by molar-refractivity contribution is -0.873. The van der Waals surface area contributed by atoms with Gasteiger partial charge >= 0.3 is 5.97 Å². The Hall–Kier alpha value is -1.10. The molecule has 1 atom stereocenters. The van der Waals surface area contributed by atoms with E-state index in [2.05, 4.69) is 6.92 Å². The van der Waals surface area contributed by atoms with Crippen LogP contribution in [0.1, 0.15) is 129 Å². The Morgan fingerprint density at radius 1 is 0.688 bits per heavy atom. The van der Waals surface area contributed by atoms with Crippen molar-refractivity contribution in [3.05, 3.63) is 0 Å². The third kappa shape index (κ3) is 23.6. The number of carboxylic acids is 1. The van der Waals surface area contributed by atoms with Crippen molar-refractivity contribution in [2.24, 2.45) is 0 Å². The number of carbonyl (C=O) groups excluding carboxylic acids is 2. The van der Waals surface area contributed by atoms with Crippen molar-refractivity contribution < 1.29 is 23.9 Å². The van der Waals surface area contributed by atoms with Crippen molar-refractivity contribution in [3.8, 4) is 0 Å². The van der Waals surface area contributed by atoms with Crippen LogP contribution in [-0.4, -0.2) is 50.2 Å². The normalized spacial score (nSPS) is 12.6. The summed E-state index contributed by atoms with van der Waals surface area (Å²) in [5.74, 6) is -1.46. The van der Waals surface area contributed by atoms with Gasteiger partial charge in [0.15, 0.2) is 6.10 Å². The lowest BCUT2D eigenvalue weighted by Gasteiger charge is -2.29. The number of carboxylic acid groups (broad SMARTS) is 1. The van der Waals surface area contributed by atoms with E-state index in [4.69, 9.17) is 4.74 Å². The minimum atomic E-state index is -1.17. The first kappa shape index (κ1) is 30.9. The molecule has 0 radical (unpaired) electrons. The summed E-state index contributed by atoms with van der Waals surface area (Å²) < 4.78 is 5.94. The molecule has 0 aliphatic rings. The van der Waals surface area contributed by atoms with Gasteiger partial charge < -0.3 is 19.1 Å². The molecule has 0 fully saturated rings. The van der Waals surface area contributed by atoms with Crippen molar-refractivity contribution >= 4 is 11.9 Å². The number of hydrogen-bond acceptors (Lipinski definition) is 4. The van der Waals surface area contributed by atoms with Gasteiger partial charge in [0.2, 0.25) is 0 Å². The third-order valence-electron chi connectivity index (χ3n) is 5.93. The molecular weight excluding hydrogens is 402 g/mol.